The van der Waals surface area contributed by atoms with E-state index < -0.39 is 5.97 Å². The largest absolute Gasteiger partial charge is 0.372 e. The van der Waals surface area contributed by atoms with Crippen molar-refractivity contribution in [3.05, 3.63) is 42.5 Å². The first-order valence-electron chi connectivity index (χ1n) is 5.02. The van der Waals surface area contributed by atoms with Crippen LogP contribution < -0.4 is 4.89 Å². The molecule has 0 fully saturated rings. The third kappa shape index (κ3) is 4.14. The van der Waals surface area contributed by atoms with E-state index in [0.29, 0.717) is 17.7 Å². The number of para-hydroxylation sites is 1. The Morgan fingerprint density at radius 2 is 2.00 bits per heavy atom. The SMILES string of the molecule is C=C(CCC)C(=O)OOOc1ccccc1. The number of hydrogen-bond acceptors (Lipinski definition) is 4. The van der Waals surface area contributed by atoms with Crippen LogP contribution in [0.25, 0.3) is 0 Å². The fourth-order valence-corrected chi connectivity index (χ4v) is 1.03. The number of hydrogen-bond donors (Lipinski definition) is 0. The van der Waals surface area contributed by atoms with Crippen LogP contribution in [-0.2, 0) is 14.7 Å². The molecule has 0 saturated carbocycles. The van der Waals surface area contributed by atoms with Crippen LogP contribution in [0.4, 0.5) is 0 Å². The Bertz CT molecular complexity index is 345. The number of rotatable bonds is 6. The lowest BCUT2D eigenvalue weighted by molar-refractivity contribution is -0.435. The van der Waals surface area contributed by atoms with Gasteiger partial charge >= 0.3 is 5.97 Å². The first kappa shape index (κ1) is 12.3. The maximum Gasteiger partial charge on any atom is 0.372 e. The monoisotopic (exact) mass is 222 g/mol. The van der Waals surface area contributed by atoms with E-state index in [2.05, 4.69) is 16.5 Å². The van der Waals surface area contributed by atoms with Crippen molar-refractivity contribution in [3.8, 4) is 5.75 Å². The molecule has 4 nitrogen and oxygen atoms in total. The third-order valence-electron chi connectivity index (χ3n) is 1.82. The highest BCUT2D eigenvalue weighted by Gasteiger charge is 2.09. The maximum absolute atomic E-state index is 11.2. The van der Waals surface area contributed by atoms with Crippen LogP contribution in [0.2, 0.25) is 0 Å². The molecule has 0 aliphatic rings. The van der Waals surface area contributed by atoms with E-state index in [-0.39, 0.29) is 0 Å². The Balaban J connectivity index is 2.26. The fourth-order valence-electron chi connectivity index (χ4n) is 1.03. The summed E-state index contributed by atoms with van der Waals surface area (Å²) in [4.78, 5) is 20.3. The molecule has 0 radical (unpaired) electrons. The predicted molar refractivity (Wildman–Crippen MR) is 58.3 cm³/mol. The molecule has 0 bridgehead atoms. The van der Waals surface area contributed by atoms with Gasteiger partial charge in [0.15, 0.2) is 5.75 Å². The van der Waals surface area contributed by atoms with E-state index in [9.17, 15) is 4.79 Å². The van der Waals surface area contributed by atoms with Crippen LogP contribution in [0.5, 0.6) is 5.75 Å². The Morgan fingerprint density at radius 1 is 1.31 bits per heavy atom. The van der Waals surface area contributed by atoms with Crippen molar-refractivity contribution < 1.29 is 19.6 Å². The second-order valence-corrected chi connectivity index (χ2v) is 3.19. The summed E-state index contributed by atoms with van der Waals surface area (Å²) in [7, 11) is 0. The molecule has 0 atom stereocenters. The van der Waals surface area contributed by atoms with Gasteiger partial charge in [0.25, 0.3) is 0 Å². The Hall–Kier alpha value is -1.81. The van der Waals surface area contributed by atoms with Gasteiger partial charge in [0.05, 0.1) is 0 Å². The van der Waals surface area contributed by atoms with Crippen LogP contribution in [0, 0.1) is 0 Å². The summed E-state index contributed by atoms with van der Waals surface area (Å²) < 4.78 is 0. The molecule has 0 aromatic heterocycles. The minimum atomic E-state index is -0.613. The van der Waals surface area contributed by atoms with Crippen molar-refractivity contribution in [3.63, 3.8) is 0 Å². The zero-order valence-electron chi connectivity index (χ0n) is 9.14. The zero-order valence-corrected chi connectivity index (χ0v) is 9.14. The summed E-state index contributed by atoms with van der Waals surface area (Å²) in [5.41, 5.74) is 0.360. The molecule has 0 heterocycles. The Morgan fingerprint density at radius 3 is 2.62 bits per heavy atom. The van der Waals surface area contributed by atoms with Gasteiger partial charge in [-0.25, -0.2) is 4.79 Å². The van der Waals surface area contributed by atoms with E-state index in [1.54, 1.807) is 24.3 Å². The molecule has 86 valence electrons. The summed E-state index contributed by atoms with van der Waals surface area (Å²) in [5, 5.41) is 4.34. The molecule has 0 unspecified atom stereocenters. The Kier molecular flexibility index (Phi) is 5.08. The molecule has 0 aliphatic carbocycles. The van der Waals surface area contributed by atoms with E-state index in [4.69, 9.17) is 4.89 Å². The first-order chi connectivity index (χ1) is 7.74. The second-order valence-electron chi connectivity index (χ2n) is 3.19. The predicted octanol–water partition coefficient (Wildman–Crippen LogP) is 2.81. The van der Waals surface area contributed by atoms with Crippen molar-refractivity contribution >= 4 is 5.97 Å². The molecule has 0 amide bonds. The number of benzene rings is 1. The van der Waals surface area contributed by atoms with Crippen LogP contribution in [0.3, 0.4) is 0 Å². The molecular formula is C12H14O4. The molecule has 4 heteroatoms. The zero-order chi connectivity index (χ0) is 11.8. The molecule has 1 aromatic carbocycles. The summed E-state index contributed by atoms with van der Waals surface area (Å²) in [5.74, 6) is -0.158. The molecule has 0 spiro atoms. The third-order valence-corrected chi connectivity index (χ3v) is 1.82. The van der Waals surface area contributed by atoms with Gasteiger partial charge in [-0.15, -0.1) is 0 Å². The molecule has 1 rings (SSSR count). The van der Waals surface area contributed by atoms with Gasteiger partial charge in [0.1, 0.15) is 0 Å². The highest BCUT2D eigenvalue weighted by atomic mass is 17.5. The summed E-state index contributed by atoms with van der Waals surface area (Å²) in [6, 6.07) is 8.73. The van der Waals surface area contributed by atoms with Gasteiger partial charge in [0, 0.05) is 10.6 Å². The average molecular weight is 222 g/mol. The first-order valence-corrected chi connectivity index (χ1v) is 5.02. The normalized spacial score (nSPS) is 9.56. The topological polar surface area (TPSA) is 44.8 Å². The smallest absolute Gasteiger partial charge is 0.299 e. The van der Waals surface area contributed by atoms with Gasteiger partial charge in [-0.1, -0.05) is 38.1 Å². The molecule has 16 heavy (non-hydrogen) atoms. The van der Waals surface area contributed by atoms with Crippen molar-refractivity contribution in [1.82, 2.24) is 0 Å². The fraction of sp³-hybridized carbons (Fsp3) is 0.250. The van der Waals surface area contributed by atoms with Crippen molar-refractivity contribution in [1.29, 1.82) is 0 Å². The lowest BCUT2D eigenvalue weighted by Gasteiger charge is -2.04. The van der Waals surface area contributed by atoms with E-state index in [1.165, 1.54) is 0 Å². The highest BCUT2D eigenvalue weighted by Crippen LogP contribution is 2.10. The molecule has 1 aromatic rings. The quantitative estimate of drug-likeness (QED) is 0.422. The molecular weight excluding hydrogens is 208 g/mol. The van der Waals surface area contributed by atoms with Crippen molar-refractivity contribution in [2.24, 2.45) is 0 Å². The maximum atomic E-state index is 11.2. The lowest BCUT2D eigenvalue weighted by atomic mass is 10.2. The number of carbonyl (C=O) groups is 1. The van der Waals surface area contributed by atoms with E-state index >= 15 is 0 Å². The van der Waals surface area contributed by atoms with Crippen LogP contribution in [0.15, 0.2) is 42.5 Å². The van der Waals surface area contributed by atoms with Crippen molar-refractivity contribution in [2.75, 3.05) is 0 Å². The van der Waals surface area contributed by atoms with Gasteiger partial charge in [-0.2, -0.15) is 0 Å². The highest BCUT2D eigenvalue weighted by molar-refractivity contribution is 5.87. The van der Waals surface area contributed by atoms with Gasteiger partial charge in [-0.05, 0) is 18.6 Å². The van der Waals surface area contributed by atoms with Crippen LogP contribution in [-0.4, -0.2) is 5.97 Å². The van der Waals surface area contributed by atoms with Gasteiger partial charge < -0.3 is 0 Å². The Labute approximate surface area is 94.3 Å². The number of carbonyl (C=O) groups excluding carboxylic acids is 1. The molecule has 0 N–H and O–H groups in total. The van der Waals surface area contributed by atoms with Gasteiger partial charge in [0.2, 0.25) is 0 Å². The molecule has 0 saturated heterocycles. The van der Waals surface area contributed by atoms with Crippen molar-refractivity contribution in [2.45, 2.75) is 19.8 Å². The van der Waals surface area contributed by atoms with E-state index in [1.807, 2.05) is 13.0 Å². The van der Waals surface area contributed by atoms with Crippen LogP contribution >= 0.6 is 0 Å². The second kappa shape index (κ2) is 6.63. The van der Waals surface area contributed by atoms with Crippen LogP contribution in [0.1, 0.15) is 19.8 Å². The average Bonchev–Trinajstić information content (AvgIpc) is 2.30. The summed E-state index contributed by atoms with van der Waals surface area (Å²) >= 11 is 0. The lowest BCUT2D eigenvalue weighted by Crippen LogP contribution is -2.09. The molecule has 0 aliphatic heterocycles. The van der Waals surface area contributed by atoms with E-state index in [0.717, 1.165) is 6.42 Å². The minimum absolute atomic E-state index is 0.360. The minimum Gasteiger partial charge on any atom is -0.299 e. The summed E-state index contributed by atoms with van der Waals surface area (Å²) in [6.07, 6.45) is 1.40. The van der Waals surface area contributed by atoms with Gasteiger partial charge in [-0.3, -0.25) is 9.78 Å². The standard InChI is InChI=1S/C12H14O4/c1-3-7-10(2)12(13)15-16-14-11-8-5-4-6-9-11/h4-6,8-9H,2-3,7H2,1H3. The summed E-state index contributed by atoms with van der Waals surface area (Å²) in [6.45, 7) is 5.50.